The van der Waals surface area contributed by atoms with Gasteiger partial charge in [0.15, 0.2) is 17.5 Å². The van der Waals surface area contributed by atoms with Crippen LogP contribution in [0.4, 0.5) is 0 Å². The van der Waals surface area contributed by atoms with Gasteiger partial charge in [0.25, 0.3) is 0 Å². The number of para-hydroxylation sites is 3. The van der Waals surface area contributed by atoms with Crippen molar-refractivity contribution in [3.63, 3.8) is 0 Å². The Morgan fingerprint density at radius 1 is 0.393 bits per heavy atom. The third-order valence-electron chi connectivity index (χ3n) is 9.80. The van der Waals surface area contributed by atoms with Gasteiger partial charge in [-0.3, -0.25) is 0 Å². The monoisotopic (exact) mass is 728 g/mol. The maximum atomic E-state index is 9.56. The van der Waals surface area contributed by atoms with Crippen LogP contribution in [-0.2, 0) is 0 Å². The van der Waals surface area contributed by atoms with Crippen LogP contribution in [0.2, 0.25) is 0 Å². The topological polar surface area (TPSA) is 56.7 Å². The zero-order valence-corrected chi connectivity index (χ0v) is 29.2. The Morgan fingerprint density at radius 2 is 1.00 bits per heavy atom. The van der Waals surface area contributed by atoms with Gasteiger partial charge in [0, 0.05) is 43.9 Å². The fraction of sp³-hybridized carbons (Fsp3) is 0. The summed E-state index contributed by atoms with van der Waals surface area (Å²) in [6, 6.07) is 31.0. The van der Waals surface area contributed by atoms with Crippen molar-refractivity contribution in [2.75, 3.05) is 0 Å². The maximum absolute atomic E-state index is 9.56. The second kappa shape index (κ2) is 13.0. The lowest BCUT2D eigenvalue weighted by molar-refractivity contribution is 0.669. The Morgan fingerprint density at radius 3 is 1.82 bits per heavy atom. The molecule has 11 rings (SSSR count). The second-order valence-electron chi connectivity index (χ2n) is 13.1. The molecule has 262 valence electrons. The second-order valence-corrected chi connectivity index (χ2v) is 13.1. The highest BCUT2D eigenvalue weighted by atomic mass is 16.3. The van der Waals surface area contributed by atoms with Crippen LogP contribution in [0.1, 0.15) is 16.4 Å². The molecule has 3 aromatic heterocycles. The first-order valence-corrected chi connectivity index (χ1v) is 17.8. The molecule has 0 aliphatic heterocycles. The van der Waals surface area contributed by atoms with Gasteiger partial charge >= 0.3 is 0 Å². The average molecular weight is 729 g/mol. The molecular weight excluding hydrogens is 685 g/mol. The predicted molar refractivity (Wildman–Crippen MR) is 229 cm³/mol. The van der Waals surface area contributed by atoms with Gasteiger partial charge in [0.1, 0.15) is 11.2 Å². The van der Waals surface area contributed by atoms with Crippen molar-refractivity contribution in [2.24, 2.45) is 0 Å². The Kier molecular flexibility index (Phi) is 5.10. The van der Waals surface area contributed by atoms with Gasteiger partial charge in [-0.05, 0) is 76.7 Å². The normalized spacial score (nSPS) is 14.6. The van der Waals surface area contributed by atoms with E-state index in [4.69, 9.17) is 31.7 Å². The van der Waals surface area contributed by atoms with Crippen LogP contribution in [0.3, 0.4) is 0 Å². The highest BCUT2D eigenvalue weighted by Gasteiger charge is 2.16. The molecule has 5 nitrogen and oxygen atoms in total. The summed E-state index contributed by atoms with van der Waals surface area (Å²) in [6.45, 7) is 0. The number of hydrogen-bond donors (Lipinski definition) is 0. The minimum Gasteiger partial charge on any atom is -0.456 e. The van der Waals surface area contributed by atoms with Gasteiger partial charge in [0.2, 0.25) is 0 Å². The van der Waals surface area contributed by atoms with Crippen molar-refractivity contribution in [3.05, 3.63) is 194 Å². The highest BCUT2D eigenvalue weighted by molar-refractivity contribution is 6.10. The van der Waals surface area contributed by atoms with E-state index in [2.05, 4.69) is 0 Å². The largest absolute Gasteiger partial charge is 0.456 e. The summed E-state index contributed by atoms with van der Waals surface area (Å²) >= 11 is 0. The number of benzene rings is 8. The third kappa shape index (κ3) is 5.45. The molecule has 3 heterocycles. The van der Waals surface area contributed by atoms with Gasteiger partial charge in [0.05, 0.1) is 27.5 Å². The first kappa shape index (κ1) is 21.9. The van der Waals surface area contributed by atoms with Crippen molar-refractivity contribution >= 4 is 43.7 Å². The number of furan rings is 1. The summed E-state index contributed by atoms with van der Waals surface area (Å²) in [5.41, 5.74) is 4.68. The average Bonchev–Trinajstić information content (AvgIpc) is 3.92. The lowest BCUT2D eigenvalue weighted by atomic mass is 9.98. The minimum atomic E-state index is -0.699. The SMILES string of the molecule is [2H]c1c([2H])c([2H])c(-n2c3c([2H])c([2H])c([2H])c([2H])c3c3c([2H])c(-c4ccc(-c5cccc(-c6nc(-c7ccccc7)nc(-c7ccc8c(c7)oc7ccccc78)n6)c5)cc4)c([2H])c([2H])c32)c([2H])c1[2H]. The molecule has 0 aliphatic rings. The van der Waals surface area contributed by atoms with E-state index in [1.54, 1.807) is 24.3 Å². The van der Waals surface area contributed by atoms with Gasteiger partial charge in [-0.25, -0.2) is 15.0 Å². The van der Waals surface area contributed by atoms with E-state index in [0.717, 1.165) is 43.2 Å². The van der Waals surface area contributed by atoms with Crippen LogP contribution < -0.4 is 0 Å². The summed E-state index contributed by atoms with van der Waals surface area (Å²) in [6.07, 6.45) is 0. The molecule has 0 unspecified atom stereocenters. The van der Waals surface area contributed by atoms with Crippen LogP contribution in [0.25, 0.3) is 106 Å². The molecule has 0 radical (unpaired) electrons. The number of hydrogen-bond acceptors (Lipinski definition) is 4. The molecule has 0 saturated carbocycles. The molecule has 56 heavy (non-hydrogen) atoms. The van der Waals surface area contributed by atoms with Crippen LogP contribution in [0.15, 0.2) is 198 Å². The van der Waals surface area contributed by atoms with E-state index >= 15 is 0 Å². The Bertz CT molecular complexity index is 3920. The quantitative estimate of drug-likeness (QED) is 0.171. The molecule has 0 bridgehead atoms. The Hall–Kier alpha value is -7.63. The fourth-order valence-corrected chi connectivity index (χ4v) is 7.12. The highest BCUT2D eigenvalue weighted by Crippen LogP contribution is 2.37. The van der Waals surface area contributed by atoms with Crippen LogP contribution >= 0.6 is 0 Å². The first-order valence-electron chi connectivity index (χ1n) is 23.8. The zero-order chi connectivity index (χ0) is 47.4. The van der Waals surface area contributed by atoms with Crippen molar-refractivity contribution < 1.29 is 20.9 Å². The lowest BCUT2D eigenvalue weighted by Gasteiger charge is -2.10. The number of fused-ring (bicyclic) bond motifs is 6. The summed E-state index contributed by atoms with van der Waals surface area (Å²) in [4.78, 5) is 14.8. The van der Waals surface area contributed by atoms with Crippen molar-refractivity contribution in [3.8, 4) is 62.1 Å². The van der Waals surface area contributed by atoms with Crippen LogP contribution in [0, 0.1) is 0 Å². The van der Waals surface area contributed by atoms with Crippen LogP contribution in [-0.4, -0.2) is 19.5 Å². The van der Waals surface area contributed by atoms with Crippen LogP contribution in [0.5, 0.6) is 0 Å². The predicted octanol–water partition coefficient (Wildman–Crippen LogP) is 13.2. The molecule has 8 aromatic carbocycles. The fourth-order valence-electron chi connectivity index (χ4n) is 7.12. The van der Waals surface area contributed by atoms with E-state index < -0.39 is 72.2 Å². The molecule has 0 aliphatic carbocycles. The molecule has 0 fully saturated rings. The third-order valence-corrected chi connectivity index (χ3v) is 9.80. The molecule has 0 atom stereocenters. The van der Waals surface area contributed by atoms with E-state index in [-0.39, 0.29) is 33.4 Å². The van der Waals surface area contributed by atoms with E-state index in [1.165, 1.54) is 0 Å². The molecular formula is C51H32N4O. The minimum absolute atomic E-state index is 0.00214. The van der Waals surface area contributed by atoms with E-state index in [1.807, 2.05) is 97.1 Å². The molecule has 5 heteroatoms. The van der Waals surface area contributed by atoms with Gasteiger partial charge < -0.3 is 8.98 Å². The number of rotatable bonds is 6. The van der Waals surface area contributed by atoms with E-state index in [9.17, 15) is 4.11 Å². The van der Waals surface area contributed by atoms with Gasteiger partial charge in [-0.15, -0.1) is 0 Å². The van der Waals surface area contributed by atoms with Gasteiger partial charge in [-0.1, -0.05) is 139 Å². The smallest absolute Gasteiger partial charge is 0.164 e. The zero-order valence-electron chi connectivity index (χ0n) is 41.2. The summed E-state index contributed by atoms with van der Waals surface area (Å²) in [7, 11) is 0. The molecule has 0 saturated heterocycles. The number of nitrogens with zero attached hydrogens (tertiary/aromatic N) is 4. The number of aromatic nitrogens is 4. The maximum Gasteiger partial charge on any atom is 0.164 e. The Labute approximate surface area is 339 Å². The summed E-state index contributed by atoms with van der Waals surface area (Å²) in [5.74, 6) is 1.38. The molecule has 0 amide bonds. The summed E-state index contributed by atoms with van der Waals surface area (Å²) < 4.78 is 113. The standard InChI is InChI=1S/C51H32N4O/c1-3-12-35(13-4-1)49-52-50(54-51(53-49)39-26-28-43-42-19-8-10-21-47(42)56-48(43)32-39)38-15-11-14-36(30-38)33-22-24-34(25-23-33)37-27-29-46-44(31-37)41-18-7-9-20-45(41)55(46)40-16-5-2-6-17-40/h1-32H/i2D,5D,6D,7D,9D,16D,17D,18D,20D,27D,29D,31D. The van der Waals surface area contributed by atoms with Crippen molar-refractivity contribution in [1.82, 2.24) is 19.5 Å². The molecule has 0 N–H and O–H groups in total. The van der Waals surface area contributed by atoms with Crippen molar-refractivity contribution in [1.29, 1.82) is 0 Å². The Balaban J connectivity index is 1.03. The molecule has 11 aromatic rings. The van der Waals surface area contributed by atoms with Crippen molar-refractivity contribution in [2.45, 2.75) is 0 Å². The summed E-state index contributed by atoms with van der Waals surface area (Å²) in [5, 5.41) is 1.68. The van der Waals surface area contributed by atoms with Gasteiger partial charge in [-0.2, -0.15) is 0 Å². The molecule has 0 spiro atoms. The first-order chi connectivity index (χ1) is 32.7. The van der Waals surface area contributed by atoms with E-state index in [0.29, 0.717) is 34.2 Å². The lowest BCUT2D eigenvalue weighted by Crippen LogP contribution is -2.00.